The zero-order valence-electron chi connectivity index (χ0n) is 10.9. The SMILES string of the molecule is [C]1[C][C]2C=CC=C[C]2[C]1.[C]1[C][C]2C=CC=C[C]2[C]1.[Cl][Zr][Cl]. The van der Waals surface area contributed by atoms with E-state index in [2.05, 4.69) is 38.5 Å². The van der Waals surface area contributed by atoms with Gasteiger partial charge in [0, 0.05) is 62.2 Å². The molecule has 0 N–H and O–H groups in total. The Balaban J connectivity index is 0.000000130. The first-order valence-corrected chi connectivity index (χ1v) is 12.4. The molecule has 2 saturated carbocycles. The van der Waals surface area contributed by atoms with Gasteiger partial charge in [-0.1, -0.05) is 48.6 Å². The molecule has 0 aromatic rings. The number of hydrogen-bond acceptors (Lipinski definition) is 0. The van der Waals surface area contributed by atoms with Gasteiger partial charge in [-0.25, -0.2) is 0 Å². The van der Waals surface area contributed by atoms with Gasteiger partial charge in [-0.15, -0.1) is 0 Å². The van der Waals surface area contributed by atoms with Crippen molar-refractivity contribution < 1.29 is 20.8 Å². The molecule has 16 radical (unpaired) electrons. The van der Waals surface area contributed by atoms with E-state index in [4.69, 9.17) is 17.0 Å². The van der Waals surface area contributed by atoms with Gasteiger partial charge < -0.3 is 0 Å². The van der Waals surface area contributed by atoms with Crippen LogP contribution >= 0.6 is 17.0 Å². The van der Waals surface area contributed by atoms with Crippen LogP contribution in [0.5, 0.6) is 0 Å². The maximum absolute atomic E-state index is 4.93. The van der Waals surface area contributed by atoms with Gasteiger partial charge in [0.1, 0.15) is 0 Å². The second-order valence-corrected chi connectivity index (χ2v) is 7.64. The maximum atomic E-state index is 4.93. The molecule has 0 aromatic carbocycles. The molecule has 21 heavy (non-hydrogen) atoms. The summed E-state index contributed by atoms with van der Waals surface area (Å²) in [6.45, 7) is 0. The number of rotatable bonds is 0. The second-order valence-electron chi connectivity index (χ2n) is 3.91. The standard InChI is InChI=1S/2C9H4.2ClH.Zr/c2*1-2-5-9-7-3-6-8(9)4-1;;;/h2*1-2,4-5H;2*1H;/q;;;;+2/p-2. The molecule has 4 aliphatic rings. The van der Waals surface area contributed by atoms with Crippen molar-refractivity contribution in [3.05, 3.63) is 111 Å². The van der Waals surface area contributed by atoms with Crippen LogP contribution in [0.3, 0.4) is 0 Å². The van der Waals surface area contributed by atoms with Crippen LogP contribution in [0.25, 0.3) is 0 Å². The Hall–Kier alpha value is 0.423. The molecule has 3 heteroatoms. The average molecular weight is 386 g/mol. The summed E-state index contributed by atoms with van der Waals surface area (Å²) in [5.74, 6) is 4.38. The van der Waals surface area contributed by atoms with Crippen molar-refractivity contribution in [3.8, 4) is 0 Å². The van der Waals surface area contributed by atoms with Crippen molar-refractivity contribution in [2.45, 2.75) is 0 Å². The van der Waals surface area contributed by atoms with Crippen molar-refractivity contribution in [1.29, 1.82) is 0 Å². The Kier molecular flexibility index (Phi) is 8.67. The van der Waals surface area contributed by atoms with E-state index in [0.717, 1.165) is 23.7 Å². The van der Waals surface area contributed by atoms with E-state index in [9.17, 15) is 0 Å². The quantitative estimate of drug-likeness (QED) is 0.578. The fraction of sp³-hybridized carbons (Fsp3) is 0. The molecule has 4 rings (SSSR count). The molecule has 0 nitrogen and oxygen atoms in total. The molecule has 4 aliphatic carbocycles. The molecular weight excluding hydrogens is 378 g/mol. The monoisotopic (exact) mass is 384 g/mol. The summed E-state index contributed by atoms with van der Waals surface area (Å²) in [4.78, 5) is 0. The molecule has 2 fully saturated rings. The molecule has 0 aromatic heterocycles. The molecule has 0 bridgehead atoms. The third-order valence-corrected chi connectivity index (χ3v) is 2.64. The van der Waals surface area contributed by atoms with Gasteiger partial charge in [0.2, 0.25) is 0 Å². The molecule has 0 aliphatic heterocycles. The summed E-state index contributed by atoms with van der Waals surface area (Å²) in [5.41, 5.74) is 0. The third-order valence-electron chi connectivity index (χ3n) is 2.64. The van der Waals surface area contributed by atoms with Crippen LogP contribution in [-0.2, 0) is 20.8 Å². The van der Waals surface area contributed by atoms with E-state index < -0.39 is 20.8 Å². The topological polar surface area (TPSA) is 0 Å². The van der Waals surface area contributed by atoms with Crippen LogP contribution in [-0.4, -0.2) is 0 Å². The van der Waals surface area contributed by atoms with Crippen LogP contribution < -0.4 is 0 Å². The van der Waals surface area contributed by atoms with Crippen molar-refractivity contribution in [3.63, 3.8) is 0 Å². The first kappa shape index (κ1) is 17.8. The summed E-state index contributed by atoms with van der Waals surface area (Å²) in [6.07, 6.45) is 33.3. The first-order valence-electron chi connectivity index (χ1n) is 6.03. The van der Waals surface area contributed by atoms with E-state index in [-0.39, 0.29) is 0 Å². The van der Waals surface area contributed by atoms with Crippen molar-refractivity contribution in [2.24, 2.45) is 0 Å². The molecule has 0 spiro atoms. The predicted molar refractivity (Wildman–Crippen MR) is 80.7 cm³/mol. The van der Waals surface area contributed by atoms with Crippen molar-refractivity contribution in [2.75, 3.05) is 0 Å². The number of fused-ring (bicyclic) bond motifs is 2. The zero-order valence-corrected chi connectivity index (χ0v) is 14.8. The van der Waals surface area contributed by atoms with E-state index in [0.29, 0.717) is 0 Å². The van der Waals surface area contributed by atoms with Crippen molar-refractivity contribution >= 4 is 17.0 Å². The van der Waals surface area contributed by atoms with E-state index in [1.54, 1.807) is 0 Å². The fourth-order valence-electron chi connectivity index (χ4n) is 1.73. The van der Waals surface area contributed by atoms with E-state index >= 15 is 0 Å². The second kappa shape index (κ2) is 10.2. The van der Waals surface area contributed by atoms with Gasteiger partial charge in [0.25, 0.3) is 0 Å². The normalized spacial score (nSPS) is 23.9. The summed E-state index contributed by atoms with van der Waals surface area (Å²) < 4.78 is 0. The minimum absolute atomic E-state index is 0.826. The number of halogens is 2. The Bertz CT molecular complexity index is 337. The summed E-state index contributed by atoms with van der Waals surface area (Å²) in [5, 5.41) is 0. The molecule has 0 unspecified atom stereocenters. The Labute approximate surface area is 148 Å². The van der Waals surface area contributed by atoms with E-state index in [1.807, 2.05) is 48.6 Å². The molecular formula is C18H8Cl2Zr. The third kappa shape index (κ3) is 5.85. The van der Waals surface area contributed by atoms with Crippen molar-refractivity contribution in [1.82, 2.24) is 0 Å². The molecule has 0 saturated heterocycles. The molecule has 0 atom stereocenters. The van der Waals surface area contributed by atoms with Gasteiger partial charge in [0.15, 0.2) is 0 Å². The van der Waals surface area contributed by atoms with Crippen LogP contribution in [0, 0.1) is 62.2 Å². The van der Waals surface area contributed by atoms with Gasteiger partial charge in [-0.3, -0.25) is 0 Å². The average Bonchev–Trinajstić information content (AvgIpc) is 3.17. The van der Waals surface area contributed by atoms with Crippen LogP contribution in [0.4, 0.5) is 0 Å². The van der Waals surface area contributed by atoms with Gasteiger partial charge in [-0.05, 0) is 0 Å². The molecule has 0 amide bonds. The predicted octanol–water partition coefficient (Wildman–Crippen LogP) is 4.41. The van der Waals surface area contributed by atoms with Crippen LogP contribution in [0.15, 0.2) is 48.6 Å². The molecule has 98 valence electrons. The summed E-state index contributed by atoms with van der Waals surface area (Å²) in [6, 6.07) is 0. The minimum atomic E-state index is -0.826. The fourth-order valence-corrected chi connectivity index (χ4v) is 1.73. The number of allylic oxidation sites excluding steroid dienone is 8. The summed E-state index contributed by atoms with van der Waals surface area (Å²) in [7, 11) is 9.87. The Morgan fingerprint density at radius 2 is 0.810 bits per heavy atom. The zero-order chi connectivity index (χ0) is 14.9. The van der Waals surface area contributed by atoms with E-state index in [1.165, 1.54) is 0 Å². The Morgan fingerprint density at radius 3 is 1.05 bits per heavy atom. The Morgan fingerprint density at radius 1 is 0.571 bits per heavy atom. The van der Waals surface area contributed by atoms with Crippen LogP contribution in [0.1, 0.15) is 0 Å². The van der Waals surface area contributed by atoms with Gasteiger partial charge in [0.05, 0.1) is 0 Å². The number of hydrogen-bond donors (Lipinski definition) is 0. The van der Waals surface area contributed by atoms with Gasteiger partial charge in [-0.2, -0.15) is 0 Å². The van der Waals surface area contributed by atoms with Crippen LogP contribution in [0.2, 0.25) is 0 Å². The first-order chi connectivity index (χ1) is 10.3. The molecule has 0 heterocycles. The summed E-state index contributed by atoms with van der Waals surface area (Å²) >= 11 is -0.826. The van der Waals surface area contributed by atoms with Gasteiger partial charge >= 0.3 is 37.9 Å².